The molecule has 2 aromatic carbocycles. The quantitative estimate of drug-likeness (QED) is 0.653. The lowest BCUT2D eigenvalue weighted by Gasteiger charge is -2.01. The third kappa shape index (κ3) is 2.88. The summed E-state index contributed by atoms with van der Waals surface area (Å²) in [7, 11) is 0. The van der Waals surface area contributed by atoms with E-state index in [4.69, 9.17) is 0 Å². The van der Waals surface area contributed by atoms with Crippen LogP contribution in [0.5, 0.6) is 0 Å². The van der Waals surface area contributed by atoms with Gasteiger partial charge in [0.1, 0.15) is 11.6 Å². The van der Waals surface area contributed by atoms with Crippen molar-refractivity contribution in [1.29, 1.82) is 0 Å². The first-order valence-electron chi connectivity index (χ1n) is 5.15. The summed E-state index contributed by atoms with van der Waals surface area (Å²) < 4.78 is 39.0. The summed E-state index contributed by atoms with van der Waals surface area (Å²) in [4.78, 5) is 0. The van der Waals surface area contributed by atoms with E-state index in [1.165, 1.54) is 24.4 Å². The predicted octanol–water partition coefficient (Wildman–Crippen LogP) is 3.55. The van der Waals surface area contributed by atoms with Gasteiger partial charge in [-0.3, -0.25) is 5.43 Å². The molecule has 18 heavy (non-hydrogen) atoms. The number of rotatable bonds is 3. The molecule has 0 unspecified atom stereocenters. The second kappa shape index (κ2) is 5.35. The fourth-order valence-electron chi connectivity index (χ4n) is 1.33. The molecule has 0 aliphatic carbocycles. The van der Waals surface area contributed by atoms with Crippen molar-refractivity contribution in [3.63, 3.8) is 0 Å². The molecular formula is C13H9F3N2. The third-order valence-electron chi connectivity index (χ3n) is 2.22. The number of hydrazone groups is 1. The summed E-state index contributed by atoms with van der Waals surface area (Å²) in [6, 6.07) is 9.08. The molecule has 0 fully saturated rings. The molecule has 0 aliphatic heterocycles. The highest BCUT2D eigenvalue weighted by Gasteiger charge is 2.02. The maximum Gasteiger partial charge on any atom is 0.151 e. The van der Waals surface area contributed by atoms with Crippen molar-refractivity contribution >= 4 is 11.9 Å². The number of halogens is 3. The Morgan fingerprint density at radius 1 is 0.944 bits per heavy atom. The molecule has 0 aliphatic rings. The van der Waals surface area contributed by atoms with Crippen LogP contribution in [0, 0.1) is 17.5 Å². The molecular weight excluding hydrogens is 241 g/mol. The molecule has 2 aromatic rings. The normalized spacial score (nSPS) is 10.8. The molecule has 1 N–H and O–H groups in total. The molecule has 0 atom stereocenters. The van der Waals surface area contributed by atoms with Gasteiger partial charge in [-0.2, -0.15) is 5.10 Å². The van der Waals surface area contributed by atoms with Crippen molar-refractivity contribution < 1.29 is 13.2 Å². The van der Waals surface area contributed by atoms with Gasteiger partial charge in [0.2, 0.25) is 0 Å². The summed E-state index contributed by atoms with van der Waals surface area (Å²) in [6.07, 6.45) is 1.22. The highest BCUT2D eigenvalue weighted by molar-refractivity contribution is 5.80. The first kappa shape index (κ1) is 12.2. The van der Waals surface area contributed by atoms with Crippen LogP contribution in [0.3, 0.4) is 0 Å². The van der Waals surface area contributed by atoms with E-state index >= 15 is 0 Å². The number of hydrogen-bond acceptors (Lipinski definition) is 2. The minimum absolute atomic E-state index is 0.0176. The van der Waals surface area contributed by atoms with Gasteiger partial charge in [-0.25, -0.2) is 13.2 Å². The summed E-state index contributed by atoms with van der Waals surface area (Å²) in [5.41, 5.74) is 2.67. The Bertz CT molecular complexity index is 582. The highest BCUT2D eigenvalue weighted by atomic mass is 19.1. The zero-order chi connectivity index (χ0) is 13.0. The monoisotopic (exact) mass is 250 g/mol. The van der Waals surface area contributed by atoms with Crippen molar-refractivity contribution in [3.05, 3.63) is 65.5 Å². The minimum atomic E-state index is -0.763. The smallest absolute Gasteiger partial charge is 0.151 e. The molecule has 2 rings (SSSR count). The molecule has 0 radical (unpaired) electrons. The largest absolute Gasteiger partial charge is 0.276 e. The van der Waals surface area contributed by atoms with Gasteiger partial charge in [0.05, 0.1) is 11.9 Å². The van der Waals surface area contributed by atoms with Crippen molar-refractivity contribution in [3.8, 4) is 0 Å². The number of benzene rings is 2. The number of nitrogens with zero attached hydrogens (tertiary/aromatic N) is 1. The molecule has 0 amide bonds. The van der Waals surface area contributed by atoms with Crippen LogP contribution < -0.4 is 5.43 Å². The third-order valence-corrected chi connectivity index (χ3v) is 2.22. The fraction of sp³-hybridized carbons (Fsp3) is 0. The molecule has 0 saturated carbocycles. The average molecular weight is 250 g/mol. The van der Waals surface area contributed by atoms with E-state index in [1.807, 2.05) is 0 Å². The molecule has 5 heteroatoms. The topological polar surface area (TPSA) is 24.4 Å². The molecule has 0 heterocycles. The van der Waals surface area contributed by atoms with Gasteiger partial charge in [0.15, 0.2) is 5.82 Å². The zero-order valence-corrected chi connectivity index (χ0v) is 9.20. The molecule has 0 aromatic heterocycles. The van der Waals surface area contributed by atoms with Gasteiger partial charge >= 0.3 is 0 Å². The molecule has 2 nitrogen and oxygen atoms in total. The van der Waals surface area contributed by atoms with Crippen LogP contribution in [0.1, 0.15) is 5.56 Å². The van der Waals surface area contributed by atoms with Crippen molar-refractivity contribution in [2.24, 2.45) is 5.10 Å². The maximum absolute atomic E-state index is 13.2. The van der Waals surface area contributed by atoms with Crippen molar-refractivity contribution in [2.75, 3.05) is 5.43 Å². The zero-order valence-electron chi connectivity index (χ0n) is 9.20. The molecule has 92 valence electrons. The second-order valence-corrected chi connectivity index (χ2v) is 3.52. The van der Waals surface area contributed by atoms with Gasteiger partial charge in [0, 0.05) is 11.6 Å². The van der Waals surface area contributed by atoms with Gasteiger partial charge in [0.25, 0.3) is 0 Å². The van der Waals surface area contributed by atoms with E-state index in [9.17, 15) is 13.2 Å². The maximum atomic E-state index is 13.2. The van der Waals surface area contributed by atoms with E-state index in [1.54, 1.807) is 12.1 Å². The van der Waals surface area contributed by atoms with E-state index in [2.05, 4.69) is 10.5 Å². The lowest BCUT2D eigenvalue weighted by molar-refractivity contribution is 0.585. The van der Waals surface area contributed by atoms with Crippen LogP contribution in [0.2, 0.25) is 0 Å². The average Bonchev–Trinajstić information content (AvgIpc) is 2.34. The van der Waals surface area contributed by atoms with E-state index in [0.717, 1.165) is 12.1 Å². The number of hydrogen-bond donors (Lipinski definition) is 1. The first-order valence-corrected chi connectivity index (χ1v) is 5.15. The number of nitrogens with one attached hydrogen (secondary N) is 1. The van der Waals surface area contributed by atoms with Crippen LogP contribution >= 0.6 is 0 Å². The van der Waals surface area contributed by atoms with Crippen molar-refractivity contribution in [1.82, 2.24) is 0 Å². The lowest BCUT2D eigenvalue weighted by atomic mass is 10.2. The molecule has 0 spiro atoms. The van der Waals surface area contributed by atoms with Crippen LogP contribution in [-0.2, 0) is 0 Å². The Balaban J connectivity index is 2.10. The summed E-state index contributed by atoms with van der Waals surface area (Å²) in [5, 5.41) is 3.69. The second-order valence-electron chi connectivity index (χ2n) is 3.52. The van der Waals surface area contributed by atoms with E-state index in [-0.39, 0.29) is 11.3 Å². The van der Waals surface area contributed by atoms with Gasteiger partial charge < -0.3 is 0 Å². The van der Waals surface area contributed by atoms with Crippen LogP contribution in [0.4, 0.5) is 18.9 Å². The Morgan fingerprint density at radius 2 is 1.72 bits per heavy atom. The molecule has 0 bridgehead atoms. The predicted molar refractivity (Wildman–Crippen MR) is 64.0 cm³/mol. The Hall–Kier alpha value is -2.30. The van der Waals surface area contributed by atoms with E-state index < -0.39 is 17.5 Å². The highest BCUT2D eigenvalue weighted by Crippen LogP contribution is 2.14. The summed E-state index contributed by atoms with van der Waals surface area (Å²) in [5.74, 6) is -1.86. The molecule has 0 saturated heterocycles. The number of anilines is 1. The summed E-state index contributed by atoms with van der Waals surface area (Å²) in [6.45, 7) is 0. The van der Waals surface area contributed by atoms with Crippen molar-refractivity contribution in [2.45, 2.75) is 0 Å². The lowest BCUT2D eigenvalue weighted by Crippen LogP contribution is -1.95. The van der Waals surface area contributed by atoms with Crippen LogP contribution in [0.25, 0.3) is 0 Å². The Morgan fingerprint density at radius 3 is 2.44 bits per heavy atom. The van der Waals surface area contributed by atoms with Crippen LogP contribution in [0.15, 0.2) is 47.6 Å². The van der Waals surface area contributed by atoms with E-state index in [0.29, 0.717) is 0 Å². The first-order chi connectivity index (χ1) is 8.66. The Labute approximate surface area is 102 Å². The van der Waals surface area contributed by atoms with Crippen LogP contribution in [-0.4, -0.2) is 6.21 Å². The minimum Gasteiger partial charge on any atom is -0.276 e. The SMILES string of the molecule is Fc1ccc(N/N=C/c2ccccc2F)c(F)c1. The van der Waals surface area contributed by atoms with Gasteiger partial charge in [-0.15, -0.1) is 0 Å². The fourth-order valence-corrected chi connectivity index (χ4v) is 1.33. The van der Waals surface area contributed by atoms with Gasteiger partial charge in [-0.1, -0.05) is 18.2 Å². The Kier molecular flexibility index (Phi) is 3.62. The standard InChI is InChI=1S/C13H9F3N2/c14-10-5-6-13(12(16)7-10)18-17-8-9-3-1-2-4-11(9)15/h1-8,18H/b17-8+. The van der Waals surface area contributed by atoms with Gasteiger partial charge in [-0.05, 0) is 18.2 Å². The summed E-state index contributed by atoms with van der Waals surface area (Å²) >= 11 is 0.